The number of benzene rings is 1. The fourth-order valence-corrected chi connectivity index (χ4v) is 2.57. The molecule has 1 heterocycles. The fourth-order valence-electron chi connectivity index (χ4n) is 2.57. The van der Waals surface area contributed by atoms with Crippen LogP contribution in [0.1, 0.15) is 17.5 Å². The van der Waals surface area contributed by atoms with Gasteiger partial charge in [0.25, 0.3) is 0 Å². The van der Waals surface area contributed by atoms with Crippen molar-refractivity contribution < 1.29 is 9.13 Å². The number of nitrogens with zero attached hydrogens (tertiary/aromatic N) is 1. The Balaban J connectivity index is 1.99. The number of ether oxygens (including phenoxy) is 1. The van der Waals surface area contributed by atoms with E-state index in [9.17, 15) is 0 Å². The normalized spacial score (nSPS) is 24.9. The molecule has 0 fully saturated rings. The van der Waals surface area contributed by atoms with E-state index in [4.69, 9.17) is 10.00 Å². The summed E-state index contributed by atoms with van der Waals surface area (Å²) in [5.41, 5.74) is 1.27. The number of anilines is 1. The molecule has 20 heavy (non-hydrogen) atoms. The van der Waals surface area contributed by atoms with Crippen molar-refractivity contribution in [1.29, 1.82) is 5.26 Å². The first-order chi connectivity index (χ1) is 9.71. The maximum atomic E-state index is 15.1. The zero-order valence-corrected chi connectivity index (χ0v) is 11.0. The van der Waals surface area contributed by atoms with Crippen LogP contribution in [0, 0.1) is 11.3 Å². The van der Waals surface area contributed by atoms with Gasteiger partial charge in [0.15, 0.2) is 5.67 Å². The van der Waals surface area contributed by atoms with E-state index in [-0.39, 0.29) is 6.42 Å². The summed E-state index contributed by atoms with van der Waals surface area (Å²) >= 11 is 0. The molecule has 0 radical (unpaired) electrons. The van der Waals surface area contributed by atoms with Crippen molar-refractivity contribution in [2.45, 2.75) is 18.7 Å². The van der Waals surface area contributed by atoms with Gasteiger partial charge in [-0.05, 0) is 29.8 Å². The molecule has 1 atom stereocenters. The molecule has 0 spiro atoms. The largest absolute Gasteiger partial charge is 0.382 e. The highest BCUT2D eigenvalue weighted by Crippen LogP contribution is 2.37. The van der Waals surface area contributed by atoms with Crippen LogP contribution >= 0.6 is 0 Å². The lowest BCUT2D eigenvalue weighted by atomic mass is 9.86. The van der Waals surface area contributed by atoms with Gasteiger partial charge in [-0.1, -0.05) is 12.1 Å². The molecule has 0 bridgehead atoms. The molecule has 1 N–H and O–H groups in total. The van der Waals surface area contributed by atoms with Crippen molar-refractivity contribution >= 4 is 5.69 Å². The lowest BCUT2D eigenvalue weighted by Crippen LogP contribution is -2.19. The van der Waals surface area contributed by atoms with Gasteiger partial charge in [0, 0.05) is 24.2 Å². The molecule has 0 amide bonds. The predicted molar refractivity (Wildman–Crippen MR) is 74.8 cm³/mol. The van der Waals surface area contributed by atoms with Crippen LogP contribution in [-0.4, -0.2) is 13.2 Å². The average molecular weight is 270 g/mol. The summed E-state index contributed by atoms with van der Waals surface area (Å²) in [6, 6.07) is 7.50. The minimum absolute atomic E-state index is 0.255. The van der Waals surface area contributed by atoms with Gasteiger partial charge >= 0.3 is 0 Å². The Morgan fingerprint density at radius 1 is 1.40 bits per heavy atom. The number of halogens is 1. The molecular formula is C16H15FN2O. The number of hydrogen-bond acceptors (Lipinski definition) is 3. The van der Waals surface area contributed by atoms with Crippen LogP contribution in [-0.2, 0) is 17.0 Å². The van der Waals surface area contributed by atoms with Crippen LogP contribution in [0.4, 0.5) is 10.1 Å². The highest BCUT2D eigenvalue weighted by atomic mass is 19.1. The molecule has 1 aromatic rings. The number of alkyl halides is 1. The molecule has 1 unspecified atom stereocenters. The molecular weight excluding hydrogens is 255 g/mol. The Morgan fingerprint density at radius 2 is 2.30 bits per heavy atom. The molecule has 0 saturated carbocycles. The maximum absolute atomic E-state index is 15.1. The monoisotopic (exact) mass is 270 g/mol. The minimum atomic E-state index is -1.61. The van der Waals surface area contributed by atoms with Crippen LogP contribution in [0.3, 0.4) is 0 Å². The van der Waals surface area contributed by atoms with Gasteiger partial charge in [-0.15, -0.1) is 0 Å². The van der Waals surface area contributed by atoms with Crippen LogP contribution in [0.2, 0.25) is 0 Å². The van der Waals surface area contributed by atoms with E-state index in [0.29, 0.717) is 24.4 Å². The van der Waals surface area contributed by atoms with Crippen molar-refractivity contribution in [2.75, 3.05) is 18.5 Å². The lowest BCUT2D eigenvalue weighted by molar-refractivity contribution is 0.134. The van der Waals surface area contributed by atoms with Gasteiger partial charge in [-0.25, -0.2) is 4.39 Å². The van der Waals surface area contributed by atoms with E-state index in [1.807, 2.05) is 18.2 Å². The Kier molecular flexibility index (Phi) is 3.29. The van der Waals surface area contributed by atoms with Crippen molar-refractivity contribution in [2.24, 2.45) is 0 Å². The maximum Gasteiger partial charge on any atom is 0.159 e. The number of nitriles is 1. The van der Waals surface area contributed by atoms with E-state index in [1.54, 1.807) is 18.2 Å². The summed E-state index contributed by atoms with van der Waals surface area (Å²) in [6.45, 7) is 1.89. The minimum Gasteiger partial charge on any atom is -0.382 e. The number of hydrogen-bond donors (Lipinski definition) is 1. The first-order valence-corrected chi connectivity index (χ1v) is 6.65. The smallest absolute Gasteiger partial charge is 0.159 e. The molecule has 0 saturated heterocycles. The Labute approximate surface area is 117 Å². The molecule has 3 rings (SSSR count). The molecule has 0 aromatic heterocycles. The summed E-state index contributed by atoms with van der Waals surface area (Å²) in [6.07, 6.45) is 5.02. The van der Waals surface area contributed by atoms with Crippen molar-refractivity contribution in [1.82, 2.24) is 0 Å². The summed E-state index contributed by atoms with van der Waals surface area (Å²) in [7, 11) is 0. The standard InChI is InChI=1S/C16H15FN2O/c17-16(5-1-2-12(9-16)10-18)14-3-4-15-13(8-14)11-20-7-6-19-15/h1-4,8-9,19H,5-7,11H2. The van der Waals surface area contributed by atoms with Crippen molar-refractivity contribution in [3.63, 3.8) is 0 Å². The summed E-state index contributed by atoms with van der Waals surface area (Å²) in [4.78, 5) is 0. The van der Waals surface area contributed by atoms with E-state index in [1.165, 1.54) is 6.08 Å². The van der Waals surface area contributed by atoms with E-state index in [0.717, 1.165) is 17.8 Å². The van der Waals surface area contributed by atoms with Gasteiger partial charge in [0.2, 0.25) is 0 Å². The highest BCUT2D eigenvalue weighted by molar-refractivity contribution is 5.55. The van der Waals surface area contributed by atoms with Crippen LogP contribution < -0.4 is 5.32 Å². The summed E-state index contributed by atoms with van der Waals surface area (Å²) in [5.74, 6) is 0. The van der Waals surface area contributed by atoms with E-state index in [2.05, 4.69) is 5.32 Å². The summed E-state index contributed by atoms with van der Waals surface area (Å²) < 4.78 is 20.5. The summed E-state index contributed by atoms with van der Waals surface area (Å²) in [5, 5.41) is 12.2. The van der Waals surface area contributed by atoms with Crippen molar-refractivity contribution in [3.05, 3.63) is 53.1 Å². The Bertz CT molecular complexity index is 630. The predicted octanol–water partition coefficient (Wildman–Crippen LogP) is 3.20. The molecule has 2 aliphatic rings. The second-order valence-corrected chi connectivity index (χ2v) is 5.03. The van der Waals surface area contributed by atoms with Gasteiger partial charge in [-0.2, -0.15) is 5.26 Å². The van der Waals surface area contributed by atoms with Crippen LogP contribution in [0.5, 0.6) is 0 Å². The lowest BCUT2D eigenvalue weighted by Gasteiger charge is -2.24. The van der Waals surface area contributed by atoms with Gasteiger partial charge < -0.3 is 10.1 Å². The third kappa shape index (κ3) is 2.33. The number of allylic oxidation sites excluding steroid dienone is 4. The molecule has 3 nitrogen and oxygen atoms in total. The number of rotatable bonds is 1. The molecule has 1 aliphatic heterocycles. The number of nitrogens with one attached hydrogen (secondary N) is 1. The highest BCUT2D eigenvalue weighted by Gasteiger charge is 2.31. The van der Waals surface area contributed by atoms with Gasteiger partial charge in [0.05, 0.1) is 24.9 Å². The van der Waals surface area contributed by atoms with E-state index < -0.39 is 5.67 Å². The Hall–Kier alpha value is -2.12. The molecule has 1 aromatic carbocycles. The molecule has 4 heteroatoms. The molecule has 102 valence electrons. The zero-order valence-electron chi connectivity index (χ0n) is 11.0. The zero-order chi connectivity index (χ0) is 14.0. The third-order valence-corrected chi connectivity index (χ3v) is 3.63. The third-order valence-electron chi connectivity index (χ3n) is 3.63. The van der Waals surface area contributed by atoms with Gasteiger partial charge in [0.1, 0.15) is 0 Å². The van der Waals surface area contributed by atoms with Crippen LogP contribution in [0.15, 0.2) is 42.0 Å². The van der Waals surface area contributed by atoms with Crippen LogP contribution in [0.25, 0.3) is 0 Å². The average Bonchev–Trinajstić information content (AvgIpc) is 2.71. The second-order valence-electron chi connectivity index (χ2n) is 5.03. The SMILES string of the molecule is N#CC1=CC(F)(c2ccc3c(c2)COCCN3)CC=C1. The van der Waals surface area contributed by atoms with E-state index >= 15 is 4.39 Å². The number of fused-ring (bicyclic) bond motifs is 1. The molecule has 1 aliphatic carbocycles. The quantitative estimate of drug-likeness (QED) is 0.852. The topological polar surface area (TPSA) is 45.0 Å². The first kappa shape index (κ1) is 12.9. The second kappa shape index (κ2) is 5.10. The van der Waals surface area contributed by atoms with Gasteiger partial charge in [-0.3, -0.25) is 0 Å². The first-order valence-electron chi connectivity index (χ1n) is 6.65. The Morgan fingerprint density at radius 3 is 3.15 bits per heavy atom. The van der Waals surface area contributed by atoms with Crippen molar-refractivity contribution in [3.8, 4) is 6.07 Å². The fraction of sp³-hybridized carbons (Fsp3) is 0.312.